The van der Waals surface area contributed by atoms with Gasteiger partial charge in [0, 0.05) is 6.61 Å². The molecule has 0 aliphatic carbocycles. The molecule has 4 nitrogen and oxygen atoms in total. The van der Waals surface area contributed by atoms with E-state index in [-0.39, 0.29) is 0 Å². The number of unbranched alkanes of at least 4 members (excludes halogenated alkanes) is 11. The zero-order valence-electron chi connectivity index (χ0n) is 18.4. The van der Waals surface area contributed by atoms with Gasteiger partial charge in [0.2, 0.25) is 0 Å². The first-order valence-corrected chi connectivity index (χ1v) is 11.8. The molecule has 4 heteroatoms. The van der Waals surface area contributed by atoms with Crippen molar-refractivity contribution in [2.45, 2.75) is 122 Å². The standard InChI is InChI=1S/C24H44N2O2/c1-2-3-4-12-17-24(28-23-16-20-26)18-13-10-8-6-5-7-9-11-14-21-27-22-15-19-25/h24H,2-18,21-23H2,1H3. The number of rotatable bonds is 22. The topological polar surface area (TPSA) is 66.0 Å². The van der Waals surface area contributed by atoms with Crippen LogP contribution < -0.4 is 0 Å². The summed E-state index contributed by atoms with van der Waals surface area (Å²) in [6.07, 6.45) is 20.4. The summed E-state index contributed by atoms with van der Waals surface area (Å²) in [4.78, 5) is 0. The first-order chi connectivity index (χ1) is 13.8. The maximum atomic E-state index is 8.69. The third kappa shape index (κ3) is 21.2. The van der Waals surface area contributed by atoms with Crippen LogP contribution in [0, 0.1) is 22.7 Å². The molecule has 162 valence electrons. The highest BCUT2D eigenvalue weighted by Crippen LogP contribution is 2.17. The molecule has 0 rings (SSSR count). The van der Waals surface area contributed by atoms with E-state index in [4.69, 9.17) is 20.0 Å². The summed E-state index contributed by atoms with van der Waals surface area (Å²) in [5.74, 6) is 0. The summed E-state index contributed by atoms with van der Waals surface area (Å²) < 4.78 is 11.3. The average Bonchev–Trinajstić information content (AvgIpc) is 2.71. The van der Waals surface area contributed by atoms with E-state index in [1.54, 1.807) is 0 Å². The van der Waals surface area contributed by atoms with Gasteiger partial charge in [-0.15, -0.1) is 0 Å². The van der Waals surface area contributed by atoms with Gasteiger partial charge in [-0.05, 0) is 19.3 Å². The van der Waals surface area contributed by atoms with Gasteiger partial charge < -0.3 is 9.47 Å². The minimum atomic E-state index is 0.362. The molecular weight excluding hydrogens is 348 g/mol. The summed E-state index contributed by atoms with van der Waals surface area (Å²) in [6.45, 7) is 4.23. The van der Waals surface area contributed by atoms with Gasteiger partial charge >= 0.3 is 0 Å². The molecule has 0 fully saturated rings. The van der Waals surface area contributed by atoms with E-state index >= 15 is 0 Å². The number of hydrogen-bond acceptors (Lipinski definition) is 4. The Morgan fingerprint density at radius 2 is 1.11 bits per heavy atom. The summed E-state index contributed by atoms with van der Waals surface area (Å²) in [7, 11) is 0. The van der Waals surface area contributed by atoms with E-state index in [1.807, 2.05) is 0 Å². The molecule has 0 bridgehead atoms. The highest BCUT2D eigenvalue weighted by molar-refractivity contribution is 4.69. The van der Waals surface area contributed by atoms with Crippen LogP contribution in [0.5, 0.6) is 0 Å². The van der Waals surface area contributed by atoms with Crippen LogP contribution in [0.1, 0.15) is 116 Å². The Balaban J connectivity index is 3.47. The fourth-order valence-electron chi connectivity index (χ4n) is 3.41. The third-order valence-electron chi connectivity index (χ3n) is 5.12. The van der Waals surface area contributed by atoms with E-state index in [1.165, 1.54) is 77.0 Å². The van der Waals surface area contributed by atoms with Crippen LogP contribution in [-0.2, 0) is 9.47 Å². The number of nitrogens with zero attached hydrogens (tertiary/aromatic N) is 2. The van der Waals surface area contributed by atoms with Crippen molar-refractivity contribution in [3.63, 3.8) is 0 Å². The zero-order chi connectivity index (χ0) is 20.5. The van der Waals surface area contributed by atoms with Crippen molar-refractivity contribution < 1.29 is 9.47 Å². The van der Waals surface area contributed by atoms with Crippen LogP contribution in [0.25, 0.3) is 0 Å². The molecule has 0 N–H and O–H groups in total. The molecule has 0 aromatic heterocycles. The molecule has 1 unspecified atom stereocenters. The largest absolute Gasteiger partial charge is 0.380 e. The quantitative estimate of drug-likeness (QED) is 0.184. The highest BCUT2D eigenvalue weighted by Gasteiger charge is 2.08. The van der Waals surface area contributed by atoms with Gasteiger partial charge in [0.05, 0.1) is 44.3 Å². The van der Waals surface area contributed by atoms with Crippen molar-refractivity contribution >= 4 is 0 Å². The molecule has 0 saturated carbocycles. The average molecular weight is 393 g/mol. The zero-order valence-corrected chi connectivity index (χ0v) is 18.4. The fraction of sp³-hybridized carbons (Fsp3) is 0.917. The van der Waals surface area contributed by atoms with Crippen LogP contribution in [0.4, 0.5) is 0 Å². The lowest BCUT2D eigenvalue weighted by molar-refractivity contribution is 0.0417. The molecule has 0 saturated heterocycles. The molecule has 0 aliphatic rings. The molecule has 0 amide bonds. The Morgan fingerprint density at radius 3 is 1.68 bits per heavy atom. The molecule has 0 radical (unpaired) electrons. The van der Waals surface area contributed by atoms with Gasteiger partial charge in [-0.1, -0.05) is 84.0 Å². The Bertz CT molecular complexity index is 387. The van der Waals surface area contributed by atoms with Crippen molar-refractivity contribution in [1.82, 2.24) is 0 Å². The first kappa shape index (κ1) is 26.9. The van der Waals surface area contributed by atoms with Crippen LogP contribution in [0.15, 0.2) is 0 Å². The van der Waals surface area contributed by atoms with Gasteiger partial charge in [0.15, 0.2) is 0 Å². The fourth-order valence-corrected chi connectivity index (χ4v) is 3.41. The van der Waals surface area contributed by atoms with Crippen molar-refractivity contribution in [3.05, 3.63) is 0 Å². The van der Waals surface area contributed by atoms with Gasteiger partial charge in [-0.25, -0.2) is 0 Å². The lowest BCUT2D eigenvalue weighted by atomic mass is 10.0. The van der Waals surface area contributed by atoms with Crippen molar-refractivity contribution in [3.8, 4) is 12.1 Å². The van der Waals surface area contributed by atoms with E-state index in [9.17, 15) is 0 Å². The molecular formula is C24H44N2O2. The predicted octanol–water partition coefficient (Wildman–Crippen LogP) is 7.09. The second-order valence-corrected chi connectivity index (χ2v) is 7.74. The second-order valence-electron chi connectivity index (χ2n) is 7.74. The van der Waals surface area contributed by atoms with E-state index < -0.39 is 0 Å². The molecule has 0 aromatic rings. The van der Waals surface area contributed by atoms with E-state index in [0.717, 1.165) is 25.9 Å². The maximum Gasteiger partial charge on any atom is 0.0645 e. The van der Waals surface area contributed by atoms with Crippen LogP contribution in [-0.4, -0.2) is 25.9 Å². The van der Waals surface area contributed by atoms with Gasteiger partial charge in [0.1, 0.15) is 0 Å². The van der Waals surface area contributed by atoms with Crippen molar-refractivity contribution in [2.24, 2.45) is 0 Å². The maximum absolute atomic E-state index is 8.69. The SMILES string of the molecule is CCCCCCC(CCCCCCCCCCCOCCC#N)OCCC#N. The Kier molecular flexibility index (Phi) is 23.0. The normalized spacial score (nSPS) is 11.8. The van der Waals surface area contributed by atoms with Crippen LogP contribution in [0.2, 0.25) is 0 Å². The van der Waals surface area contributed by atoms with Gasteiger partial charge in [-0.3, -0.25) is 0 Å². The second kappa shape index (κ2) is 23.9. The molecule has 0 heterocycles. The summed E-state index contributed by atoms with van der Waals surface area (Å²) in [6, 6.07) is 4.27. The molecule has 0 aromatic carbocycles. The first-order valence-electron chi connectivity index (χ1n) is 11.8. The van der Waals surface area contributed by atoms with Gasteiger partial charge in [-0.2, -0.15) is 10.5 Å². The van der Waals surface area contributed by atoms with E-state index in [2.05, 4.69) is 19.1 Å². The molecule has 1 atom stereocenters. The highest BCUT2D eigenvalue weighted by atomic mass is 16.5. The van der Waals surface area contributed by atoms with Gasteiger partial charge in [0.25, 0.3) is 0 Å². The van der Waals surface area contributed by atoms with Crippen molar-refractivity contribution in [1.29, 1.82) is 10.5 Å². The van der Waals surface area contributed by atoms with Crippen LogP contribution >= 0.6 is 0 Å². The number of ether oxygens (including phenoxy) is 2. The smallest absolute Gasteiger partial charge is 0.0645 e. The van der Waals surface area contributed by atoms with E-state index in [0.29, 0.717) is 32.2 Å². The lowest BCUT2D eigenvalue weighted by Crippen LogP contribution is -2.14. The van der Waals surface area contributed by atoms with Crippen molar-refractivity contribution in [2.75, 3.05) is 19.8 Å². The lowest BCUT2D eigenvalue weighted by Gasteiger charge is -2.17. The number of nitriles is 2. The molecule has 0 spiro atoms. The Morgan fingerprint density at radius 1 is 0.607 bits per heavy atom. The molecule has 0 aliphatic heterocycles. The Labute approximate surface area is 174 Å². The minimum absolute atomic E-state index is 0.362. The third-order valence-corrected chi connectivity index (χ3v) is 5.12. The summed E-state index contributed by atoms with van der Waals surface area (Å²) in [5, 5.41) is 17.1. The molecule has 28 heavy (non-hydrogen) atoms. The summed E-state index contributed by atoms with van der Waals surface area (Å²) in [5.41, 5.74) is 0. The Hall–Kier alpha value is -1.10. The summed E-state index contributed by atoms with van der Waals surface area (Å²) >= 11 is 0. The monoisotopic (exact) mass is 392 g/mol. The minimum Gasteiger partial charge on any atom is -0.380 e. The van der Waals surface area contributed by atoms with Crippen LogP contribution in [0.3, 0.4) is 0 Å². The predicted molar refractivity (Wildman–Crippen MR) is 116 cm³/mol. The number of hydrogen-bond donors (Lipinski definition) is 0.